The zero-order valence-electron chi connectivity index (χ0n) is 11.9. The second kappa shape index (κ2) is 5.72. The van der Waals surface area contributed by atoms with Crippen LogP contribution in [0.15, 0.2) is 35.1 Å². The molecule has 1 aromatic carbocycles. The van der Waals surface area contributed by atoms with E-state index < -0.39 is 0 Å². The number of hydrogen-bond donors (Lipinski definition) is 1. The molecule has 4 heteroatoms. The highest BCUT2D eigenvalue weighted by Crippen LogP contribution is 2.26. The minimum atomic E-state index is -0.331. The van der Waals surface area contributed by atoms with E-state index in [2.05, 4.69) is 9.88 Å². The quantitative estimate of drug-likeness (QED) is 0.928. The predicted octanol–water partition coefficient (Wildman–Crippen LogP) is 2.28. The molecule has 0 radical (unpaired) electrons. The second-order valence-electron chi connectivity index (χ2n) is 5.08. The summed E-state index contributed by atoms with van der Waals surface area (Å²) in [4.78, 5) is 16.6. The number of aromatic nitrogens is 1. The van der Waals surface area contributed by atoms with Crippen molar-refractivity contribution in [1.82, 2.24) is 9.88 Å². The molecule has 2 aromatic rings. The van der Waals surface area contributed by atoms with Crippen molar-refractivity contribution in [2.24, 2.45) is 0 Å². The predicted molar refractivity (Wildman–Crippen MR) is 79.3 cm³/mol. The number of H-pyrrole nitrogens is 1. The molecule has 102 valence electrons. The van der Waals surface area contributed by atoms with Gasteiger partial charge in [0, 0.05) is 17.8 Å². The number of nitrogens with one attached hydrogen (secondary N) is 1. The number of hydrogen-bond acceptors (Lipinski definition) is 3. The Bertz CT molecular complexity index is 723. The number of aromatic amines is 1. The molecule has 0 fully saturated rings. The number of nitrogens with zero attached hydrogens (tertiary/aromatic N) is 2. The minimum absolute atomic E-state index is 0.168. The Balaban J connectivity index is 2.69. The van der Waals surface area contributed by atoms with Gasteiger partial charge in [-0.3, -0.25) is 4.79 Å². The van der Waals surface area contributed by atoms with Gasteiger partial charge in [0.05, 0.1) is 0 Å². The SMILES string of the molecule is Cc1cc(-c2ccccc2CN(C)C)c(C#N)c(=O)[nH]1. The van der Waals surface area contributed by atoms with Crippen LogP contribution in [0.4, 0.5) is 0 Å². The van der Waals surface area contributed by atoms with Crippen LogP contribution in [0.1, 0.15) is 16.8 Å². The first-order valence-corrected chi connectivity index (χ1v) is 6.40. The van der Waals surface area contributed by atoms with Gasteiger partial charge < -0.3 is 9.88 Å². The Labute approximate surface area is 118 Å². The van der Waals surface area contributed by atoms with E-state index in [9.17, 15) is 10.1 Å². The van der Waals surface area contributed by atoms with E-state index in [0.717, 1.165) is 23.4 Å². The first-order valence-electron chi connectivity index (χ1n) is 6.40. The molecule has 0 amide bonds. The molecule has 4 nitrogen and oxygen atoms in total. The van der Waals surface area contributed by atoms with Gasteiger partial charge in [0.15, 0.2) is 0 Å². The highest BCUT2D eigenvalue weighted by molar-refractivity contribution is 5.73. The largest absolute Gasteiger partial charge is 0.325 e. The fourth-order valence-electron chi connectivity index (χ4n) is 2.27. The lowest BCUT2D eigenvalue weighted by atomic mass is 9.96. The van der Waals surface area contributed by atoms with E-state index in [1.807, 2.05) is 57.4 Å². The molecule has 0 aliphatic carbocycles. The normalized spacial score (nSPS) is 10.6. The molecule has 0 bridgehead atoms. The smallest absolute Gasteiger partial charge is 0.266 e. The van der Waals surface area contributed by atoms with Gasteiger partial charge in [-0.1, -0.05) is 24.3 Å². The van der Waals surface area contributed by atoms with Crippen LogP contribution in [-0.4, -0.2) is 24.0 Å². The average Bonchev–Trinajstić information content (AvgIpc) is 2.38. The fourth-order valence-corrected chi connectivity index (χ4v) is 2.27. The summed E-state index contributed by atoms with van der Waals surface area (Å²) in [6.07, 6.45) is 0. The van der Waals surface area contributed by atoms with Crippen molar-refractivity contribution in [3.05, 3.63) is 57.5 Å². The highest BCUT2D eigenvalue weighted by atomic mass is 16.1. The molecule has 1 N–H and O–H groups in total. The van der Waals surface area contributed by atoms with Crippen molar-refractivity contribution in [1.29, 1.82) is 5.26 Å². The van der Waals surface area contributed by atoms with Crippen LogP contribution >= 0.6 is 0 Å². The van der Waals surface area contributed by atoms with Crippen LogP contribution in [0, 0.1) is 18.3 Å². The lowest BCUT2D eigenvalue weighted by Crippen LogP contribution is -2.15. The number of benzene rings is 1. The van der Waals surface area contributed by atoms with E-state index >= 15 is 0 Å². The summed E-state index contributed by atoms with van der Waals surface area (Å²) in [5.41, 5.74) is 3.32. The van der Waals surface area contributed by atoms with Crippen molar-refractivity contribution in [2.45, 2.75) is 13.5 Å². The summed E-state index contributed by atoms with van der Waals surface area (Å²) < 4.78 is 0. The third-order valence-corrected chi connectivity index (χ3v) is 3.07. The van der Waals surface area contributed by atoms with Crippen molar-refractivity contribution < 1.29 is 0 Å². The Hall–Kier alpha value is -2.38. The third-order valence-electron chi connectivity index (χ3n) is 3.07. The van der Waals surface area contributed by atoms with Crippen LogP contribution in [0.25, 0.3) is 11.1 Å². The first-order chi connectivity index (χ1) is 9.52. The summed E-state index contributed by atoms with van der Waals surface area (Å²) in [5, 5.41) is 9.24. The topological polar surface area (TPSA) is 59.9 Å². The molecule has 0 saturated heterocycles. The highest BCUT2D eigenvalue weighted by Gasteiger charge is 2.13. The van der Waals surface area contributed by atoms with Crippen molar-refractivity contribution >= 4 is 0 Å². The molecule has 0 aliphatic heterocycles. The molecular formula is C16H17N3O. The van der Waals surface area contributed by atoms with Gasteiger partial charge >= 0.3 is 0 Å². The number of rotatable bonds is 3. The summed E-state index contributed by atoms with van der Waals surface area (Å²) >= 11 is 0. The van der Waals surface area contributed by atoms with E-state index in [4.69, 9.17) is 0 Å². The molecule has 0 aliphatic rings. The van der Waals surface area contributed by atoms with E-state index in [1.54, 1.807) is 0 Å². The standard InChI is InChI=1S/C16H17N3O/c1-11-8-14(15(9-17)16(20)18-11)13-7-5-4-6-12(13)10-19(2)3/h4-8H,10H2,1-3H3,(H,18,20). The van der Waals surface area contributed by atoms with Gasteiger partial charge in [-0.2, -0.15) is 5.26 Å². The number of nitriles is 1. The van der Waals surface area contributed by atoms with E-state index in [0.29, 0.717) is 5.56 Å². The van der Waals surface area contributed by atoms with Gasteiger partial charge in [0.2, 0.25) is 0 Å². The van der Waals surface area contributed by atoms with Crippen LogP contribution in [0.2, 0.25) is 0 Å². The van der Waals surface area contributed by atoms with Crippen LogP contribution < -0.4 is 5.56 Å². The van der Waals surface area contributed by atoms with Crippen LogP contribution in [0.3, 0.4) is 0 Å². The van der Waals surface area contributed by atoms with Crippen molar-refractivity contribution in [3.63, 3.8) is 0 Å². The Morgan fingerprint density at radius 2 is 1.95 bits per heavy atom. The Morgan fingerprint density at radius 3 is 2.60 bits per heavy atom. The number of aryl methyl sites for hydroxylation is 1. The van der Waals surface area contributed by atoms with Gasteiger partial charge in [-0.25, -0.2) is 0 Å². The molecule has 20 heavy (non-hydrogen) atoms. The maximum atomic E-state index is 11.9. The molecule has 0 saturated carbocycles. The molecule has 0 spiro atoms. The monoisotopic (exact) mass is 267 g/mol. The summed E-state index contributed by atoms with van der Waals surface area (Å²) in [6.45, 7) is 2.58. The van der Waals surface area contributed by atoms with Gasteiger partial charge in [-0.05, 0) is 38.2 Å². The summed E-state index contributed by atoms with van der Waals surface area (Å²) in [7, 11) is 3.98. The Kier molecular flexibility index (Phi) is 4.02. The molecule has 0 atom stereocenters. The summed E-state index contributed by atoms with van der Waals surface area (Å²) in [5.74, 6) is 0. The maximum absolute atomic E-state index is 11.9. The summed E-state index contributed by atoms with van der Waals surface area (Å²) in [6, 6.07) is 11.7. The van der Waals surface area contributed by atoms with E-state index in [-0.39, 0.29) is 11.1 Å². The average molecular weight is 267 g/mol. The molecule has 2 rings (SSSR count). The minimum Gasteiger partial charge on any atom is -0.325 e. The van der Waals surface area contributed by atoms with Gasteiger partial charge in [0.25, 0.3) is 5.56 Å². The van der Waals surface area contributed by atoms with E-state index in [1.165, 1.54) is 0 Å². The van der Waals surface area contributed by atoms with Gasteiger partial charge in [0.1, 0.15) is 11.6 Å². The fraction of sp³-hybridized carbons (Fsp3) is 0.250. The van der Waals surface area contributed by atoms with Crippen LogP contribution in [0.5, 0.6) is 0 Å². The lowest BCUT2D eigenvalue weighted by molar-refractivity contribution is 0.403. The molecule has 0 unspecified atom stereocenters. The molecule has 1 heterocycles. The second-order valence-corrected chi connectivity index (χ2v) is 5.08. The van der Waals surface area contributed by atoms with Crippen LogP contribution in [-0.2, 0) is 6.54 Å². The maximum Gasteiger partial charge on any atom is 0.266 e. The van der Waals surface area contributed by atoms with Crippen molar-refractivity contribution in [3.8, 4) is 17.2 Å². The van der Waals surface area contributed by atoms with Crippen molar-refractivity contribution in [2.75, 3.05) is 14.1 Å². The lowest BCUT2D eigenvalue weighted by Gasteiger charge is -2.15. The zero-order chi connectivity index (χ0) is 14.7. The zero-order valence-corrected chi connectivity index (χ0v) is 11.9. The van der Waals surface area contributed by atoms with Gasteiger partial charge in [-0.15, -0.1) is 0 Å². The molecule has 1 aromatic heterocycles. The first kappa shape index (κ1) is 14.0. The third kappa shape index (κ3) is 2.79. The number of pyridine rings is 1. The Morgan fingerprint density at radius 1 is 1.25 bits per heavy atom. The molecular weight excluding hydrogens is 250 g/mol.